The van der Waals surface area contributed by atoms with Crippen molar-refractivity contribution >= 4 is 22.4 Å². The summed E-state index contributed by atoms with van der Waals surface area (Å²) >= 11 is 0. The van der Waals surface area contributed by atoms with Crippen LogP contribution < -0.4 is 10.0 Å². The Balaban J connectivity index is 0.00000162. The molecule has 0 aromatic carbocycles. The van der Waals surface area contributed by atoms with Crippen LogP contribution >= 0.6 is 12.4 Å². The second-order valence-electron chi connectivity index (χ2n) is 4.21. The van der Waals surface area contributed by atoms with E-state index in [0.717, 1.165) is 19.4 Å². The number of nitrogens with zero attached hydrogens (tertiary/aromatic N) is 2. The molecule has 0 unspecified atom stereocenters. The van der Waals surface area contributed by atoms with Crippen LogP contribution in [0.3, 0.4) is 0 Å². The van der Waals surface area contributed by atoms with E-state index in [1.807, 2.05) is 6.92 Å². The summed E-state index contributed by atoms with van der Waals surface area (Å²) in [4.78, 5) is 3.92. The second-order valence-corrected chi connectivity index (χ2v) is 5.87. The summed E-state index contributed by atoms with van der Waals surface area (Å²) in [7, 11) is -3.47. The first-order chi connectivity index (χ1) is 8.12. The van der Waals surface area contributed by atoms with Gasteiger partial charge in [0.2, 0.25) is 0 Å². The number of hydrogen-bond acceptors (Lipinski definition) is 4. The molecule has 0 bridgehead atoms. The number of imidazole rings is 1. The molecule has 0 saturated carbocycles. The molecule has 1 aromatic rings. The summed E-state index contributed by atoms with van der Waals surface area (Å²) in [6.45, 7) is 4.31. The highest BCUT2D eigenvalue weighted by Gasteiger charge is 2.23. The number of piperidine rings is 1. The van der Waals surface area contributed by atoms with Crippen molar-refractivity contribution in [3.05, 3.63) is 12.5 Å². The van der Waals surface area contributed by atoms with Gasteiger partial charge in [-0.15, -0.1) is 12.4 Å². The van der Waals surface area contributed by atoms with Gasteiger partial charge in [0, 0.05) is 25.3 Å². The van der Waals surface area contributed by atoms with Gasteiger partial charge in [-0.25, -0.2) is 18.1 Å². The third kappa shape index (κ3) is 3.68. The predicted octanol–water partition coefficient (Wildman–Crippen LogP) is 0.355. The Kier molecular flexibility index (Phi) is 5.58. The molecule has 1 saturated heterocycles. The molecule has 8 heteroatoms. The minimum Gasteiger partial charge on any atom is -0.336 e. The molecule has 0 aliphatic carbocycles. The van der Waals surface area contributed by atoms with E-state index in [1.54, 1.807) is 10.8 Å². The molecule has 1 aliphatic rings. The lowest BCUT2D eigenvalue weighted by molar-refractivity contribution is 0.428. The molecule has 2 N–H and O–H groups in total. The SMILES string of the molecule is CCn1cnc(S(=O)(=O)N[C@@H]2CCCNC2)c1.Cl. The zero-order valence-corrected chi connectivity index (χ0v) is 11.9. The summed E-state index contributed by atoms with van der Waals surface area (Å²) < 4.78 is 28.5. The molecule has 18 heavy (non-hydrogen) atoms. The van der Waals surface area contributed by atoms with E-state index in [4.69, 9.17) is 0 Å². The average Bonchev–Trinajstić information content (AvgIpc) is 2.79. The standard InChI is InChI=1S/C10H18N4O2S.ClH/c1-2-14-7-10(12-8-14)17(15,16)13-9-4-3-5-11-6-9;/h7-9,11,13H,2-6H2,1H3;1H/t9-;/m1./s1. The number of aryl methyl sites for hydroxylation is 1. The van der Waals surface area contributed by atoms with Crippen LogP contribution in [0.2, 0.25) is 0 Å². The minimum atomic E-state index is -3.47. The van der Waals surface area contributed by atoms with Crippen LogP contribution in [0.5, 0.6) is 0 Å². The number of rotatable bonds is 4. The van der Waals surface area contributed by atoms with Crippen LogP contribution in [-0.4, -0.2) is 37.1 Å². The summed E-state index contributed by atoms with van der Waals surface area (Å²) in [5.41, 5.74) is 0. The van der Waals surface area contributed by atoms with Crippen molar-refractivity contribution in [2.24, 2.45) is 0 Å². The van der Waals surface area contributed by atoms with Crippen molar-refractivity contribution in [2.75, 3.05) is 13.1 Å². The maximum Gasteiger partial charge on any atom is 0.259 e. The summed E-state index contributed by atoms with van der Waals surface area (Å²) in [6, 6.07) is -0.0273. The molecular weight excluding hydrogens is 276 g/mol. The fraction of sp³-hybridized carbons (Fsp3) is 0.700. The van der Waals surface area contributed by atoms with Crippen LogP contribution in [0.25, 0.3) is 0 Å². The van der Waals surface area contributed by atoms with Crippen molar-refractivity contribution in [3.8, 4) is 0 Å². The Morgan fingerprint density at radius 1 is 1.61 bits per heavy atom. The Morgan fingerprint density at radius 3 is 2.94 bits per heavy atom. The minimum absolute atomic E-state index is 0. The van der Waals surface area contributed by atoms with Crippen LogP contribution in [-0.2, 0) is 16.6 Å². The van der Waals surface area contributed by atoms with E-state index in [9.17, 15) is 8.42 Å². The van der Waals surface area contributed by atoms with Gasteiger partial charge in [0.1, 0.15) is 0 Å². The maximum atomic E-state index is 12.0. The molecule has 6 nitrogen and oxygen atoms in total. The molecule has 2 heterocycles. The number of sulfonamides is 1. The van der Waals surface area contributed by atoms with Crippen LogP contribution in [0.4, 0.5) is 0 Å². The third-order valence-corrected chi connectivity index (χ3v) is 4.27. The second kappa shape index (κ2) is 6.51. The molecule has 1 atom stereocenters. The van der Waals surface area contributed by atoms with Crippen LogP contribution in [0.1, 0.15) is 19.8 Å². The number of halogens is 1. The van der Waals surface area contributed by atoms with Crippen molar-refractivity contribution in [2.45, 2.75) is 37.4 Å². The van der Waals surface area contributed by atoms with Crippen molar-refractivity contribution in [1.82, 2.24) is 19.6 Å². The van der Waals surface area contributed by atoms with Gasteiger partial charge in [-0.3, -0.25) is 0 Å². The summed E-state index contributed by atoms with van der Waals surface area (Å²) in [6.07, 6.45) is 4.96. The highest BCUT2D eigenvalue weighted by atomic mass is 35.5. The summed E-state index contributed by atoms with van der Waals surface area (Å²) in [5, 5.41) is 3.27. The van der Waals surface area contributed by atoms with Gasteiger partial charge in [-0.05, 0) is 26.3 Å². The first kappa shape index (κ1) is 15.4. The molecule has 1 aliphatic heterocycles. The zero-order chi connectivity index (χ0) is 12.3. The average molecular weight is 295 g/mol. The maximum absolute atomic E-state index is 12.0. The quantitative estimate of drug-likeness (QED) is 0.840. The highest BCUT2D eigenvalue weighted by Crippen LogP contribution is 2.09. The van der Waals surface area contributed by atoms with E-state index in [-0.39, 0.29) is 23.5 Å². The van der Waals surface area contributed by atoms with Crippen molar-refractivity contribution in [1.29, 1.82) is 0 Å². The fourth-order valence-electron chi connectivity index (χ4n) is 1.88. The number of nitrogens with one attached hydrogen (secondary N) is 2. The van der Waals surface area contributed by atoms with Gasteiger partial charge < -0.3 is 9.88 Å². The monoisotopic (exact) mass is 294 g/mol. The van der Waals surface area contributed by atoms with E-state index >= 15 is 0 Å². The smallest absolute Gasteiger partial charge is 0.259 e. The van der Waals surface area contributed by atoms with Crippen molar-refractivity contribution in [3.63, 3.8) is 0 Å². The molecule has 0 radical (unpaired) electrons. The Bertz CT molecular complexity index is 468. The Morgan fingerprint density at radius 2 is 2.39 bits per heavy atom. The lowest BCUT2D eigenvalue weighted by Crippen LogP contribution is -2.45. The zero-order valence-electron chi connectivity index (χ0n) is 10.3. The van der Waals surface area contributed by atoms with Crippen LogP contribution in [0.15, 0.2) is 17.6 Å². The molecule has 0 amide bonds. The first-order valence-electron chi connectivity index (χ1n) is 5.86. The number of aromatic nitrogens is 2. The van der Waals surface area contributed by atoms with E-state index in [2.05, 4.69) is 15.0 Å². The van der Waals surface area contributed by atoms with Gasteiger partial charge in [0.25, 0.3) is 10.0 Å². The fourth-order valence-corrected chi connectivity index (χ4v) is 3.10. The van der Waals surface area contributed by atoms with E-state index < -0.39 is 10.0 Å². The van der Waals surface area contributed by atoms with Gasteiger partial charge in [0.05, 0.1) is 6.33 Å². The third-order valence-electron chi connectivity index (χ3n) is 2.87. The molecule has 104 valence electrons. The van der Waals surface area contributed by atoms with Gasteiger partial charge >= 0.3 is 0 Å². The topological polar surface area (TPSA) is 76.0 Å². The largest absolute Gasteiger partial charge is 0.336 e. The molecule has 0 spiro atoms. The molecule has 1 aromatic heterocycles. The first-order valence-corrected chi connectivity index (χ1v) is 7.35. The lowest BCUT2D eigenvalue weighted by Gasteiger charge is -2.23. The van der Waals surface area contributed by atoms with E-state index in [0.29, 0.717) is 13.1 Å². The number of hydrogen-bond donors (Lipinski definition) is 2. The molecular formula is C10H19ClN4O2S. The molecule has 2 rings (SSSR count). The van der Waals surface area contributed by atoms with Gasteiger partial charge in [-0.2, -0.15) is 0 Å². The summed E-state index contributed by atoms with van der Waals surface area (Å²) in [5.74, 6) is 0. The Labute approximate surface area is 114 Å². The Hall–Kier alpha value is -0.630. The highest BCUT2D eigenvalue weighted by molar-refractivity contribution is 7.89. The van der Waals surface area contributed by atoms with Crippen LogP contribution in [0, 0.1) is 0 Å². The van der Waals surface area contributed by atoms with Gasteiger partial charge in [-0.1, -0.05) is 0 Å². The predicted molar refractivity (Wildman–Crippen MR) is 71.4 cm³/mol. The van der Waals surface area contributed by atoms with Gasteiger partial charge in [0.15, 0.2) is 5.03 Å². The lowest BCUT2D eigenvalue weighted by atomic mass is 10.1. The normalized spacial score (nSPS) is 20.4. The molecule has 1 fully saturated rings. The van der Waals surface area contributed by atoms with E-state index in [1.165, 1.54) is 6.33 Å². The van der Waals surface area contributed by atoms with Crippen molar-refractivity contribution < 1.29 is 8.42 Å².